The quantitative estimate of drug-likeness (QED) is 0.768. The summed E-state index contributed by atoms with van der Waals surface area (Å²) >= 11 is 5.95. The third kappa shape index (κ3) is 2.67. The first-order chi connectivity index (χ1) is 8.08. The van der Waals surface area contributed by atoms with Crippen LogP contribution in [0.25, 0.3) is 5.57 Å². The van der Waals surface area contributed by atoms with Crippen LogP contribution in [0.1, 0.15) is 24.7 Å². The molecule has 0 spiro atoms. The molecular formula is C13H15ClN2O. The normalized spacial score (nSPS) is 15.7. The second kappa shape index (κ2) is 4.88. The molecule has 1 aliphatic heterocycles. The van der Waals surface area contributed by atoms with E-state index in [-0.39, 0.29) is 5.91 Å². The zero-order chi connectivity index (χ0) is 12.4. The van der Waals surface area contributed by atoms with Gasteiger partial charge in [-0.25, -0.2) is 0 Å². The number of rotatable bonds is 1. The van der Waals surface area contributed by atoms with E-state index in [0.717, 1.165) is 29.9 Å². The van der Waals surface area contributed by atoms with Gasteiger partial charge in [0.2, 0.25) is 5.91 Å². The van der Waals surface area contributed by atoms with E-state index in [1.54, 1.807) is 6.92 Å². The summed E-state index contributed by atoms with van der Waals surface area (Å²) in [6.45, 7) is 4.93. The van der Waals surface area contributed by atoms with Gasteiger partial charge in [0.1, 0.15) is 0 Å². The second-order valence-electron chi connectivity index (χ2n) is 4.22. The zero-order valence-corrected chi connectivity index (χ0v) is 10.8. The number of amides is 1. The minimum absolute atomic E-state index is 0.112. The fourth-order valence-electron chi connectivity index (χ4n) is 1.92. The lowest BCUT2D eigenvalue weighted by Gasteiger charge is -2.26. The third-order valence-electron chi connectivity index (χ3n) is 2.95. The number of aryl methyl sites for hydroxylation is 1. The van der Waals surface area contributed by atoms with Crippen LogP contribution in [-0.4, -0.2) is 28.9 Å². The van der Waals surface area contributed by atoms with Crippen molar-refractivity contribution >= 4 is 23.1 Å². The molecule has 2 rings (SSSR count). The summed E-state index contributed by atoms with van der Waals surface area (Å²) < 4.78 is 0. The largest absolute Gasteiger partial charge is 0.338 e. The molecule has 1 aromatic rings. The molecule has 0 atom stereocenters. The van der Waals surface area contributed by atoms with Crippen molar-refractivity contribution in [2.75, 3.05) is 13.1 Å². The first-order valence-electron chi connectivity index (χ1n) is 5.66. The highest BCUT2D eigenvalue weighted by molar-refractivity contribution is 6.31. The van der Waals surface area contributed by atoms with Crippen LogP contribution in [-0.2, 0) is 4.79 Å². The number of hydrogen-bond donors (Lipinski definition) is 0. The molecule has 0 bridgehead atoms. The van der Waals surface area contributed by atoms with Gasteiger partial charge in [0.05, 0.1) is 16.4 Å². The Bertz CT molecular complexity index is 482. The molecule has 0 saturated carbocycles. The lowest BCUT2D eigenvalue weighted by Crippen LogP contribution is -2.33. The number of halogens is 1. The molecule has 1 aliphatic rings. The van der Waals surface area contributed by atoms with Gasteiger partial charge >= 0.3 is 0 Å². The number of carbonyl (C=O) groups is 1. The highest BCUT2D eigenvalue weighted by Gasteiger charge is 2.16. The Labute approximate surface area is 106 Å². The van der Waals surface area contributed by atoms with Crippen LogP contribution in [0, 0.1) is 6.92 Å². The maximum absolute atomic E-state index is 11.4. The topological polar surface area (TPSA) is 33.2 Å². The van der Waals surface area contributed by atoms with Crippen LogP contribution >= 0.6 is 11.6 Å². The Kier molecular flexibility index (Phi) is 3.48. The van der Waals surface area contributed by atoms with Gasteiger partial charge in [-0.05, 0) is 31.1 Å². The summed E-state index contributed by atoms with van der Waals surface area (Å²) in [5.41, 5.74) is 2.84. The van der Waals surface area contributed by atoms with E-state index in [1.807, 2.05) is 24.0 Å². The fourth-order valence-corrected chi connectivity index (χ4v) is 2.03. The molecule has 0 unspecified atom stereocenters. The lowest BCUT2D eigenvalue weighted by atomic mass is 10.1. The third-order valence-corrected chi connectivity index (χ3v) is 3.35. The second-order valence-corrected chi connectivity index (χ2v) is 4.63. The van der Waals surface area contributed by atoms with Crippen molar-refractivity contribution in [1.82, 2.24) is 9.88 Å². The van der Waals surface area contributed by atoms with E-state index < -0.39 is 0 Å². The predicted molar refractivity (Wildman–Crippen MR) is 68.8 cm³/mol. The van der Waals surface area contributed by atoms with Gasteiger partial charge in [0.15, 0.2) is 0 Å². The lowest BCUT2D eigenvalue weighted by molar-refractivity contribution is -0.128. The van der Waals surface area contributed by atoms with Crippen LogP contribution in [0.15, 0.2) is 18.2 Å². The van der Waals surface area contributed by atoms with E-state index >= 15 is 0 Å². The highest BCUT2D eigenvalue weighted by Crippen LogP contribution is 2.22. The van der Waals surface area contributed by atoms with Crippen LogP contribution in [0.3, 0.4) is 0 Å². The fraction of sp³-hybridized carbons (Fsp3) is 0.385. The Morgan fingerprint density at radius 3 is 2.88 bits per heavy atom. The monoisotopic (exact) mass is 250 g/mol. The van der Waals surface area contributed by atoms with E-state index in [4.69, 9.17) is 11.6 Å². The molecular weight excluding hydrogens is 236 g/mol. The van der Waals surface area contributed by atoms with E-state index in [0.29, 0.717) is 11.6 Å². The number of nitrogens with zero attached hydrogens (tertiary/aromatic N) is 2. The summed E-state index contributed by atoms with van der Waals surface area (Å²) in [5, 5.41) is 0.675. The van der Waals surface area contributed by atoms with Crippen LogP contribution in [0.2, 0.25) is 5.02 Å². The van der Waals surface area contributed by atoms with Gasteiger partial charge in [-0.2, -0.15) is 0 Å². The van der Waals surface area contributed by atoms with E-state index in [2.05, 4.69) is 11.1 Å². The number of pyridine rings is 1. The minimum Gasteiger partial charge on any atom is -0.338 e. The highest BCUT2D eigenvalue weighted by atomic mass is 35.5. The number of carbonyl (C=O) groups excluding carboxylic acids is 1. The van der Waals surface area contributed by atoms with Crippen molar-refractivity contribution < 1.29 is 4.79 Å². The van der Waals surface area contributed by atoms with Crippen molar-refractivity contribution in [2.24, 2.45) is 0 Å². The first-order valence-corrected chi connectivity index (χ1v) is 6.04. The Morgan fingerprint density at radius 1 is 1.47 bits per heavy atom. The van der Waals surface area contributed by atoms with Crippen molar-refractivity contribution in [3.8, 4) is 0 Å². The van der Waals surface area contributed by atoms with Gasteiger partial charge in [-0.1, -0.05) is 17.7 Å². The average molecular weight is 251 g/mol. The van der Waals surface area contributed by atoms with Crippen molar-refractivity contribution in [3.63, 3.8) is 0 Å². The minimum atomic E-state index is 0.112. The van der Waals surface area contributed by atoms with Gasteiger partial charge < -0.3 is 4.90 Å². The molecule has 0 aromatic carbocycles. The average Bonchev–Trinajstić information content (AvgIpc) is 2.33. The van der Waals surface area contributed by atoms with Gasteiger partial charge in [0, 0.05) is 20.0 Å². The summed E-state index contributed by atoms with van der Waals surface area (Å²) in [6.07, 6.45) is 3.04. The van der Waals surface area contributed by atoms with Crippen molar-refractivity contribution in [1.29, 1.82) is 0 Å². The molecule has 0 saturated heterocycles. The summed E-state index contributed by atoms with van der Waals surface area (Å²) in [5.74, 6) is 0.112. The predicted octanol–water partition coefficient (Wildman–Crippen LogP) is 2.68. The molecule has 1 aromatic heterocycles. The molecule has 0 aliphatic carbocycles. The van der Waals surface area contributed by atoms with Crippen LogP contribution in [0.4, 0.5) is 0 Å². The first kappa shape index (κ1) is 12.1. The molecule has 17 heavy (non-hydrogen) atoms. The maximum atomic E-state index is 11.4. The SMILES string of the molecule is CC(=O)N1CCC=C(c2ccc(Cl)c(C)n2)C1. The summed E-state index contributed by atoms with van der Waals surface area (Å²) in [6, 6.07) is 3.76. The zero-order valence-electron chi connectivity index (χ0n) is 10.0. The molecule has 3 nitrogen and oxygen atoms in total. The molecule has 2 heterocycles. The Morgan fingerprint density at radius 2 is 2.24 bits per heavy atom. The maximum Gasteiger partial charge on any atom is 0.219 e. The molecule has 4 heteroatoms. The molecule has 90 valence electrons. The molecule has 0 N–H and O–H groups in total. The standard InChI is InChI=1S/C13H15ClN2O/c1-9-12(14)5-6-13(15-9)11-4-3-7-16(8-11)10(2)17/h4-6H,3,7-8H2,1-2H3. The van der Waals surface area contributed by atoms with Gasteiger partial charge in [0.25, 0.3) is 0 Å². The summed E-state index contributed by atoms with van der Waals surface area (Å²) in [7, 11) is 0. The van der Waals surface area contributed by atoms with E-state index in [1.165, 1.54) is 0 Å². The van der Waals surface area contributed by atoms with Gasteiger partial charge in [-0.15, -0.1) is 0 Å². The van der Waals surface area contributed by atoms with Crippen LogP contribution < -0.4 is 0 Å². The smallest absolute Gasteiger partial charge is 0.219 e. The Hall–Kier alpha value is -1.35. The van der Waals surface area contributed by atoms with E-state index in [9.17, 15) is 4.79 Å². The number of hydrogen-bond acceptors (Lipinski definition) is 2. The van der Waals surface area contributed by atoms with Gasteiger partial charge in [-0.3, -0.25) is 9.78 Å². The molecule has 1 amide bonds. The van der Waals surface area contributed by atoms with Crippen molar-refractivity contribution in [2.45, 2.75) is 20.3 Å². The Balaban J connectivity index is 2.25. The molecule has 0 radical (unpaired) electrons. The summed E-state index contributed by atoms with van der Waals surface area (Å²) in [4.78, 5) is 17.6. The van der Waals surface area contributed by atoms with Crippen molar-refractivity contribution in [3.05, 3.63) is 34.6 Å². The molecule has 0 fully saturated rings. The van der Waals surface area contributed by atoms with Crippen LogP contribution in [0.5, 0.6) is 0 Å². The number of aromatic nitrogens is 1.